The first-order chi connectivity index (χ1) is 8.33. The largest absolute Gasteiger partial charge is 0.396 e. The molecule has 0 amide bonds. The van der Waals surface area contributed by atoms with Crippen molar-refractivity contribution in [3.8, 4) is 0 Å². The highest BCUT2D eigenvalue weighted by molar-refractivity contribution is 5.65. The summed E-state index contributed by atoms with van der Waals surface area (Å²) in [6.45, 7) is 0.180. The molecule has 17 heavy (non-hydrogen) atoms. The third kappa shape index (κ3) is 2.66. The second kappa shape index (κ2) is 5.51. The molecule has 0 atom stereocenters. The lowest BCUT2D eigenvalue weighted by Crippen LogP contribution is -2.12. The van der Waals surface area contributed by atoms with Crippen molar-refractivity contribution in [1.29, 1.82) is 0 Å². The van der Waals surface area contributed by atoms with E-state index in [4.69, 9.17) is 5.11 Å². The molecule has 2 rings (SSSR count). The molecule has 2 aromatic rings. The molecule has 0 fully saturated rings. The summed E-state index contributed by atoms with van der Waals surface area (Å²) in [5.41, 5.74) is 3.46. The lowest BCUT2D eigenvalue weighted by atomic mass is 10.1. The van der Waals surface area contributed by atoms with Crippen LogP contribution in [0.1, 0.15) is 5.56 Å². The van der Waals surface area contributed by atoms with Gasteiger partial charge in [0.25, 0.3) is 0 Å². The van der Waals surface area contributed by atoms with Crippen LogP contribution in [0.2, 0.25) is 0 Å². The summed E-state index contributed by atoms with van der Waals surface area (Å²) in [6, 6.07) is 18.4. The molecule has 0 aromatic heterocycles. The van der Waals surface area contributed by atoms with Gasteiger partial charge in [-0.15, -0.1) is 0 Å². The van der Waals surface area contributed by atoms with Gasteiger partial charge >= 0.3 is 0 Å². The molecular weight excluding hydrogens is 210 g/mol. The average Bonchev–Trinajstić information content (AvgIpc) is 2.40. The molecule has 2 nitrogen and oxygen atoms in total. The first-order valence-electron chi connectivity index (χ1n) is 5.80. The Kier molecular flexibility index (Phi) is 3.78. The van der Waals surface area contributed by atoms with Gasteiger partial charge in [0.15, 0.2) is 0 Å². The van der Waals surface area contributed by atoms with E-state index in [-0.39, 0.29) is 6.61 Å². The SMILES string of the molecule is CN(c1ccccc1)c1ccccc1CCO. The summed E-state index contributed by atoms with van der Waals surface area (Å²) in [5.74, 6) is 0. The number of hydrogen-bond acceptors (Lipinski definition) is 2. The summed E-state index contributed by atoms with van der Waals surface area (Å²) in [6.07, 6.45) is 0.688. The van der Waals surface area contributed by atoms with Gasteiger partial charge in [-0.2, -0.15) is 0 Å². The summed E-state index contributed by atoms with van der Waals surface area (Å²) < 4.78 is 0. The van der Waals surface area contributed by atoms with Crippen molar-refractivity contribution in [3.63, 3.8) is 0 Å². The van der Waals surface area contributed by atoms with Crippen LogP contribution in [0.3, 0.4) is 0 Å². The Labute approximate surface area is 102 Å². The quantitative estimate of drug-likeness (QED) is 0.868. The Morgan fingerprint density at radius 3 is 2.29 bits per heavy atom. The standard InChI is InChI=1S/C15H17NO/c1-16(14-8-3-2-4-9-14)15-10-6-5-7-13(15)11-12-17/h2-10,17H,11-12H2,1H3. The van der Waals surface area contributed by atoms with E-state index in [0.29, 0.717) is 6.42 Å². The Morgan fingerprint density at radius 2 is 1.59 bits per heavy atom. The van der Waals surface area contributed by atoms with Gasteiger partial charge in [-0.1, -0.05) is 36.4 Å². The maximum Gasteiger partial charge on any atom is 0.0472 e. The van der Waals surface area contributed by atoms with Crippen LogP contribution in [0.5, 0.6) is 0 Å². The molecule has 2 aromatic carbocycles. The van der Waals surface area contributed by atoms with Crippen molar-refractivity contribution in [1.82, 2.24) is 0 Å². The fraction of sp³-hybridized carbons (Fsp3) is 0.200. The molecule has 0 radical (unpaired) electrons. The number of benzene rings is 2. The maximum atomic E-state index is 9.08. The predicted molar refractivity (Wildman–Crippen MR) is 71.7 cm³/mol. The molecule has 0 saturated carbocycles. The van der Waals surface area contributed by atoms with Gasteiger partial charge in [0.1, 0.15) is 0 Å². The minimum atomic E-state index is 0.180. The van der Waals surface area contributed by atoms with Gasteiger partial charge in [0.05, 0.1) is 0 Å². The lowest BCUT2D eigenvalue weighted by molar-refractivity contribution is 0.299. The topological polar surface area (TPSA) is 23.5 Å². The second-order valence-corrected chi connectivity index (χ2v) is 4.00. The van der Waals surface area contributed by atoms with E-state index in [1.54, 1.807) is 0 Å². The smallest absolute Gasteiger partial charge is 0.0472 e. The van der Waals surface area contributed by atoms with E-state index in [9.17, 15) is 0 Å². The number of aliphatic hydroxyl groups excluding tert-OH is 1. The molecule has 0 aliphatic heterocycles. The lowest BCUT2D eigenvalue weighted by Gasteiger charge is -2.22. The predicted octanol–water partition coefficient (Wildman–Crippen LogP) is 2.99. The summed E-state index contributed by atoms with van der Waals surface area (Å²) in [7, 11) is 2.05. The van der Waals surface area contributed by atoms with Crippen LogP contribution in [0.25, 0.3) is 0 Å². The van der Waals surface area contributed by atoms with Crippen LogP contribution in [-0.4, -0.2) is 18.8 Å². The van der Waals surface area contributed by atoms with Crippen LogP contribution in [0.4, 0.5) is 11.4 Å². The van der Waals surface area contributed by atoms with E-state index >= 15 is 0 Å². The number of anilines is 2. The highest BCUT2D eigenvalue weighted by atomic mass is 16.2. The van der Waals surface area contributed by atoms with Gasteiger partial charge in [-0.25, -0.2) is 0 Å². The number of rotatable bonds is 4. The van der Waals surface area contributed by atoms with Crippen molar-refractivity contribution in [3.05, 3.63) is 60.2 Å². The fourth-order valence-corrected chi connectivity index (χ4v) is 1.96. The first kappa shape index (κ1) is 11.7. The normalized spacial score (nSPS) is 10.2. The molecule has 0 saturated heterocycles. The monoisotopic (exact) mass is 227 g/mol. The van der Waals surface area contributed by atoms with Crippen LogP contribution < -0.4 is 4.90 Å². The van der Waals surface area contributed by atoms with Gasteiger partial charge in [0.2, 0.25) is 0 Å². The van der Waals surface area contributed by atoms with Crippen molar-refractivity contribution < 1.29 is 5.11 Å². The number of hydrogen-bond donors (Lipinski definition) is 1. The van der Waals surface area contributed by atoms with Crippen molar-refractivity contribution >= 4 is 11.4 Å². The van der Waals surface area contributed by atoms with E-state index in [1.165, 1.54) is 5.56 Å². The summed E-state index contributed by atoms with van der Waals surface area (Å²) in [5, 5.41) is 9.08. The molecule has 0 aliphatic rings. The van der Waals surface area contributed by atoms with Crippen LogP contribution >= 0.6 is 0 Å². The van der Waals surface area contributed by atoms with E-state index in [0.717, 1.165) is 11.4 Å². The first-order valence-corrected chi connectivity index (χ1v) is 5.80. The van der Waals surface area contributed by atoms with Crippen molar-refractivity contribution in [2.24, 2.45) is 0 Å². The molecule has 0 spiro atoms. The Bertz CT molecular complexity index is 467. The molecule has 1 N–H and O–H groups in total. The van der Waals surface area contributed by atoms with Crippen molar-refractivity contribution in [2.45, 2.75) is 6.42 Å². The molecule has 88 valence electrons. The average molecular weight is 227 g/mol. The van der Waals surface area contributed by atoms with E-state index in [1.807, 2.05) is 37.4 Å². The summed E-state index contributed by atoms with van der Waals surface area (Å²) >= 11 is 0. The van der Waals surface area contributed by atoms with E-state index < -0.39 is 0 Å². The Hall–Kier alpha value is -1.80. The highest BCUT2D eigenvalue weighted by Crippen LogP contribution is 2.26. The van der Waals surface area contributed by atoms with Crippen LogP contribution in [-0.2, 0) is 6.42 Å². The van der Waals surface area contributed by atoms with E-state index in [2.05, 4.69) is 29.2 Å². The number of aliphatic hydroxyl groups is 1. The third-order valence-corrected chi connectivity index (χ3v) is 2.88. The van der Waals surface area contributed by atoms with Crippen molar-refractivity contribution in [2.75, 3.05) is 18.6 Å². The minimum absolute atomic E-state index is 0.180. The molecule has 0 aliphatic carbocycles. The third-order valence-electron chi connectivity index (χ3n) is 2.88. The minimum Gasteiger partial charge on any atom is -0.396 e. The van der Waals surface area contributed by atoms with Gasteiger partial charge in [-0.3, -0.25) is 0 Å². The molecule has 2 heteroatoms. The molecule has 0 unspecified atom stereocenters. The molecule has 0 bridgehead atoms. The van der Waals surface area contributed by atoms with Gasteiger partial charge < -0.3 is 10.0 Å². The van der Waals surface area contributed by atoms with Gasteiger partial charge in [-0.05, 0) is 30.2 Å². The fourth-order valence-electron chi connectivity index (χ4n) is 1.96. The van der Waals surface area contributed by atoms with Crippen LogP contribution in [0, 0.1) is 0 Å². The zero-order chi connectivity index (χ0) is 12.1. The maximum absolute atomic E-state index is 9.08. The highest BCUT2D eigenvalue weighted by Gasteiger charge is 2.07. The zero-order valence-corrected chi connectivity index (χ0v) is 10.0. The molecular formula is C15H17NO. The zero-order valence-electron chi connectivity index (χ0n) is 10.0. The second-order valence-electron chi connectivity index (χ2n) is 4.00. The Morgan fingerprint density at radius 1 is 0.941 bits per heavy atom. The summed E-state index contributed by atoms with van der Waals surface area (Å²) in [4.78, 5) is 2.14. The van der Waals surface area contributed by atoms with Crippen LogP contribution in [0.15, 0.2) is 54.6 Å². The van der Waals surface area contributed by atoms with Gasteiger partial charge in [0, 0.05) is 25.0 Å². The number of para-hydroxylation sites is 2. The number of nitrogens with zero attached hydrogens (tertiary/aromatic N) is 1. The Balaban J connectivity index is 2.33. The molecule has 0 heterocycles.